The van der Waals surface area contributed by atoms with Gasteiger partial charge in [0.05, 0.1) is 30.4 Å². The number of sulfone groups is 1. The Morgan fingerprint density at radius 2 is 1.70 bits per heavy atom. The van der Waals surface area contributed by atoms with Gasteiger partial charge in [0.25, 0.3) is 0 Å². The van der Waals surface area contributed by atoms with Crippen LogP contribution in [0, 0.1) is 0 Å². The molecule has 13 heteroatoms. The van der Waals surface area contributed by atoms with Crippen LogP contribution in [0.5, 0.6) is 11.5 Å². The van der Waals surface area contributed by atoms with E-state index in [1.54, 1.807) is 61.2 Å². The molecular formula is C31H36N4O8S. The summed E-state index contributed by atoms with van der Waals surface area (Å²) in [6, 6.07) is 14.1. The lowest BCUT2D eigenvalue weighted by Crippen LogP contribution is -2.38. The van der Waals surface area contributed by atoms with Gasteiger partial charge in [-0.1, -0.05) is 12.1 Å². The number of nitrogens with zero attached hydrogens (tertiary/aromatic N) is 1. The van der Waals surface area contributed by atoms with E-state index in [1.165, 1.54) is 32.4 Å². The van der Waals surface area contributed by atoms with Crippen molar-refractivity contribution in [1.82, 2.24) is 4.90 Å². The van der Waals surface area contributed by atoms with Crippen molar-refractivity contribution in [3.05, 3.63) is 77.4 Å². The molecule has 3 amide bonds. The van der Waals surface area contributed by atoms with E-state index < -0.39 is 39.2 Å². The molecule has 2 atom stereocenters. The lowest BCUT2D eigenvalue weighted by Gasteiger charge is -2.32. The highest BCUT2D eigenvalue weighted by Crippen LogP contribution is 2.40. The third-order valence-electron chi connectivity index (χ3n) is 7.53. The number of nitrogens with one attached hydrogen (secondary N) is 2. The molecule has 1 aliphatic heterocycles. The fourth-order valence-corrected chi connectivity index (χ4v) is 6.58. The van der Waals surface area contributed by atoms with Crippen LogP contribution in [-0.4, -0.2) is 62.3 Å². The fourth-order valence-electron chi connectivity index (χ4n) is 5.29. The number of carbonyl (C=O) groups excluding carboxylic acids is 2. The predicted molar refractivity (Wildman–Crippen MR) is 165 cm³/mol. The first-order valence-electron chi connectivity index (χ1n) is 13.9. The van der Waals surface area contributed by atoms with E-state index in [4.69, 9.17) is 15.2 Å². The highest BCUT2D eigenvalue weighted by molar-refractivity contribution is 7.92. The second-order valence-electron chi connectivity index (χ2n) is 10.6. The molecule has 1 aliphatic rings. The molecule has 5 N–H and O–H groups in total. The standard InChI is InChI=1S/C31H36N4O8S/c1-18(2)44(40,41)27-13-11-22(34-31(38)39)17-23(27)24-9-6-14-35(24)30(37)28(19-10-12-25(42-3)26(16-19)43-4)33-21-8-5-7-20(15-21)29(32)36/h5,7-8,10-13,15-18,24,28,33-34H,6,9,14H2,1-4H3,(H2,32,36)(H,38,39)/t24-,28+/m1/s1. The molecule has 1 fully saturated rings. The summed E-state index contributed by atoms with van der Waals surface area (Å²) in [5.41, 5.74) is 7.24. The number of methoxy groups -OCH3 is 2. The molecule has 1 saturated heterocycles. The summed E-state index contributed by atoms with van der Waals surface area (Å²) < 4.78 is 37.7. The third-order valence-corrected chi connectivity index (χ3v) is 9.76. The van der Waals surface area contributed by atoms with Gasteiger partial charge in [-0.05, 0) is 86.3 Å². The van der Waals surface area contributed by atoms with E-state index in [1.807, 2.05) is 0 Å². The minimum absolute atomic E-state index is 0.0397. The molecule has 4 rings (SSSR count). The smallest absolute Gasteiger partial charge is 0.409 e. The first-order chi connectivity index (χ1) is 20.9. The van der Waals surface area contributed by atoms with Crippen LogP contribution >= 0.6 is 0 Å². The lowest BCUT2D eigenvalue weighted by molar-refractivity contribution is -0.133. The zero-order valence-electron chi connectivity index (χ0n) is 24.9. The van der Waals surface area contributed by atoms with Gasteiger partial charge in [0.15, 0.2) is 21.3 Å². The maximum absolute atomic E-state index is 14.5. The highest BCUT2D eigenvalue weighted by atomic mass is 32.2. The topological polar surface area (TPSA) is 177 Å². The van der Waals surface area contributed by atoms with Crippen LogP contribution in [0.2, 0.25) is 0 Å². The zero-order chi connectivity index (χ0) is 32.2. The Morgan fingerprint density at radius 3 is 2.34 bits per heavy atom. The minimum atomic E-state index is -3.79. The molecule has 0 aromatic heterocycles. The van der Waals surface area contributed by atoms with E-state index in [-0.39, 0.29) is 22.1 Å². The average molecular weight is 625 g/mol. The maximum Gasteiger partial charge on any atom is 0.409 e. The molecule has 3 aromatic carbocycles. The average Bonchev–Trinajstić information content (AvgIpc) is 3.49. The van der Waals surface area contributed by atoms with Crippen LogP contribution in [0.25, 0.3) is 0 Å². The first-order valence-corrected chi connectivity index (χ1v) is 15.5. The van der Waals surface area contributed by atoms with Gasteiger partial charge in [0.1, 0.15) is 6.04 Å². The molecule has 0 saturated carbocycles. The van der Waals surface area contributed by atoms with Gasteiger partial charge in [-0.25, -0.2) is 13.2 Å². The van der Waals surface area contributed by atoms with Crippen LogP contribution in [-0.2, 0) is 14.6 Å². The predicted octanol–water partition coefficient (Wildman–Crippen LogP) is 4.59. The Bertz CT molecular complexity index is 1670. The van der Waals surface area contributed by atoms with Crippen molar-refractivity contribution in [2.75, 3.05) is 31.4 Å². The molecule has 44 heavy (non-hydrogen) atoms. The van der Waals surface area contributed by atoms with Gasteiger partial charge in [-0.3, -0.25) is 14.9 Å². The lowest BCUT2D eigenvalue weighted by atomic mass is 10.0. The molecule has 0 spiro atoms. The zero-order valence-corrected chi connectivity index (χ0v) is 25.7. The maximum atomic E-state index is 14.5. The molecule has 0 radical (unpaired) electrons. The largest absolute Gasteiger partial charge is 0.493 e. The molecule has 1 heterocycles. The number of hydrogen-bond donors (Lipinski definition) is 4. The second-order valence-corrected chi connectivity index (χ2v) is 13.1. The Kier molecular flexibility index (Phi) is 9.68. The number of benzene rings is 3. The summed E-state index contributed by atoms with van der Waals surface area (Å²) in [5, 5.41) is 14.1. The molecule has 0 bridgehead atoms. The summed E-state index contributed by atoms with van der Waals surface area (Å²) in [5.74, 6) is -0.139. The van der Waals surface area contributed by atoms with Crippen molar-refractivity contribution in [2.45, 2.75) is 48.9 Å². The molecule has 0 aliphatic carbocycles. The van der Waals surface area contributed by atoms with E-state index >= 15 is 0 Å². The van der Waals surface area contributed by atoms with Crippen molar-refractivity contribution in [1.29, 1.82) is 0 Å². The number of nitrogens with two attached hydrogens (primary N) is 1. The number of hydrogen-bond acceptors (Lipinski definition) is 8. The van der Waals surface area contributed by atoms with E-state index in [0.29, 0.717) is 47.7 Å². The van der Waals surface area contributed by atoms with Crippen molar-refractivity contribution in [3.63, 3.8) is 0 Å². The number of ether oxygens (including phenoxy) is 2. The number of carboxylic acid groups (broad SMARTS) is 1. The fraction of sp³-hybridized carbons (Fsp3) is 0.323. The van der Waals surface area contributed by atoms with Gasteiger partial charge in [0, 0.05) is 23.5 Å². The molecular weight excluding hydrogens is 588 g/mol. The number of primary amides is 1. The Labute approximate surface area is 256 Å². The molecule has 0 unspecified atom stereocenters. The SMILES string of the molecule is COc1ccc([C@H](Nc2cccc(C(N)=O)c2)C(=O)N2CCC[C@@H]2c2cc(NC(=O)O)ccc2S(=O)(=O)C(C)C)cc1OC. The van der Waals surface area contributed by atoms with Gasteiger partial charge in [0.2, 0.25) is 11.8 Å². The third kappa shape index (κ3) is 6.72. The Hall–Kier alpha value is -4.78. The molecule has 3 aromatic rings. The highest BCUT2D eigenvalue weighted by Gasteiger charge is 2.38. The van der Waals surface area contributed by atoms with E-state index in [0.717, 1.165) is 0 Å². The summed E-state index contributed by atoms with van der Waals surface area (Å²) in [4.78, 5) is 39.4. The van der Waals surface area contributed by atoms with Gasteiger partial charge in [-0.15, -0.1) is 0 Å². The van der Waals surface area contributed by atoms with E-state index in [2.05, 4.69) is 10.6 Å². The van der Waals surface area contributed by atoms with Gasteiger partial charge in [-0.2, -0.15) is 0 Å². The Morgan fingerprint density at radius 1 is 0.977 bits per heavy atom. The van der Waals surface area contributed by atoms with Crippen LogP contribution in [0.3, 0.4) is 0 Å². The molecule has 12 nitrogen and oxygen atoms in total. The van der Waals surface area contributed by atoms with Crippen molar-refractivity contribution in [3.8, 4) is 11.5 Å². The van der Waals surface area contributed by atoms with Crippen LogP contribution < -0.4 is 25.8 Å². The summed E-state index contributed by atoms with van der Waals surface area (Å²) in [7, 11) is -0.814. The van der Waals surface area contributed by atoms with Crippen LogP contribution in [0.4, 0.5) is 16.2 Å². The Balaban J connectivity index is 1.83. The van der Waals surface area contributed by atoms with E-state index in [9.17, 15) is 27.9 Å². The van der Waals surface area contributed by atoms with Gasteiger partial charge < -0.3 is 30.5 Å². The summed E-state index contributed by atoms with van der Waals surface area (Å²) in [6.45, 7) is 3.46. The quantitative estimate of drug-likeness (QED) is 0.238. The number of carbonyl (C=O) groups is 3. The first kappa shape index (κ1) is 32.1. The van der Waals surface area contributed by atoms with Crippen LogP contribution in [0.1, 0.15) is 60.3 Å². The second kappa shape index (κ2) is 13.2. The number of rotatable bonds is 11. The summed E-state index contributed by atoms with van der Waals surface area (Å²) in [6.07, 6.45) is -0.256. The van der Waals surface area contributed by atoms with Crippen molar-refractivity contribution < 1.29 is 37.4 Å². The number of anilines is 2. The number of amides is 3. The minimum Gasteiger partial charge on any atom is -0.493 e. The summed E-state index contributed by atoms with van der Waals surface area (Å²) >= 11 is 0. The van der Waals surface area contributed by atoms with Crippen molar-refractivity contribution >= 4 is 39.1 Å². The normalized spacial score (nSPS) is 15.5. The monoisotopic (exact) mass is 624 g/mol. The van der Waals surface area contributed by atoms with Crippen molar-refractivity contribution in [2.24, 2.45) is 5.73 Å². The number of likely N-dealkylation sites (tertiary alicyclic amines) is 1. The van der Waals surface area contributed by atoms with Crippen LogP contribution in [0.15, 0.2) is 65.6 Å². The molecule has 234 valence electrons. The van der Waals surface area contributed by atoms with Gasteiger partial charge >= 0.3 is 6.09 Å².